The predicted molar refractivity (Wildman–Crippen MR) is 74.9 cm³/mol. The summed E-state index contributed by atoms with van der Waals surface area (Å²) in [4.78, 5) is 0. The minimum atomic E-state index is -0.217. The molecule has 0 aliphatic heterocycles. The molecule has 0 heterocycles. The summed E-state index contributed by atoms with van der Waals surface area (Å²) in [5.74, 6) is 0.589. The Hall–Kier alpha value is -0.410. The van der Waals surface area contributed by atoms with E-state index in [1.165, 1.54) is 25.3 Å². The van der Waals surface area contributed by atoms with E-state index in [9.17, 15) is 4.39 Å². The van der Waals surface area contributed by atoms with Crippen LogP contribution in [0.1, 0.15) is 44.6 Å². The molecular formula is C15H20BrFO. The number of hydrogen-bond acceptors (Lipinski definition) is 1. The molecule has 2 unspecified atom stereocenters. The van der Waals surface area contributed by atoms with Crippen molar-refractivity contribution in [2.24, 2.45) is 5.92 Å². The molecule has 3 heteroatoms. The maximum atomic E-state index is 13.4. The molecule has 2 rings (SSSR count). The Balaban J connectivity index is 1.89. The third-order valence-electron chi connectivity index (χ3n) is 3.82. The lowest BCUT2D eigenvalue weighted by Gasteiger charge is -2.28. The van der Waals surface area contributed by atoms with Crippen LogP contribution in [0.25, 0.3) is 0 Å². The van der Waals surface area contributed by atoms with Crippen LogP contribution in [-0.4, -0.2) is 6.10 Å². The number of ether oxygens (including phenoxy) is 1. The summed E-state index contributed by atoms with van der Waals surface area (Å²) >= 11 is 3.28. The zero-order valence-corrected chi connectivity index (χ0v) is 12.4. The van der Waals surface area contributed by atoms with E-state index in [2.05, 4.69) is 22.9 Å². The van der Waals surface area contributed by atoms with Gasteiger partial charge in [-0.15, -0.1) is 0 Å². The molecule has 2 atom stereocenters. The van der Waals surface area contributed by atoms with Crippen LogP contribution in [0.4, 0.5) is 4.39 Å². The SMILES string of the molecule is CCC1CCCC(OCc2cccc(F)c2Br)C1. The first-order valence-electron chi connectivity index (χ1n) is 6.75. The fourth-order valence-electron chi connectivity index (χ4n) is 2.63. The topological polar surface area (TPSA) is 9.23 Å². The van der Waals surface area contributed by atoms with Gasteiger partial charge < -0.3 is 4.74 Å². The lowest BCUT2D eigenvalue weighted by molar-refractivity contribution is 0.00143. The minimum absolute atomic E-state index is 0.217. The summed E-state index contributed by atoms with van der Waals surface area (Å²) in [5.41, 5.74) is 0.897. The first-order chi connectivity index (χ1) is 8.70. The normalized spacial score (nSPS) is 24.2. The molecule has 1 aromatic rings. The van der Waals surface area contributed by atoms with Gasteiger partial charge in [0.15, 0.2) is 0 Å². The lowest BCUT2D eigenvalue weighted by atomic mass is 9.85. The van der Waals surface area contributed by atoms with E-state index in [1.54, 1.807) is 6.07 Å². The molecule has 1 aliphatic rings. The molecule has 18 heavy (non-hydrogen) atoms. The van der Waals surface area contributed by atoms with Crippen molar-refractivity contribution in [3.63, 3.8) is 0 Å². The van der Waals surface area contributed by atoms with Crippen molar-refractivity contribution >= 4 is 15.9 Å². The van der Waals surface area contributed by atoms with Gasteiger partial charge in [-0.05, 0) is 46.3 Å². The smallest absolute Gasteiger partial charge is 0.137 e. The highest BCUT2D eigenvalue weighted by Gasteiger charge is 2.21. The number of halogens is 2. The Labute approximate surface area is 117 Å². The monoisotopic (exact) mass is 314 g/mol. The van der Waals surface area contributed by atoms with E-state index in [0.29, 0.717) is 17.2 Å². The molecule has 0 N–H and O–H groups in total. The molecule has 0 saturated heterocycles. The van der Waals surface area contributed by atoms with Gasteiger partial charge in [0.05, 0.1) is 17.2 Å². The fraction of sp³-hybridized carbons (Fsp3) is 0.600. The summed E-state index contributed by atoms with van der Waals surface area (Å²) in [5, 5.41) is 0. The molecule has 100 valence electrons. The molecule has 1 aromatic carbocycles. The van der Waals surface area contributed by atoms with Crippen molar-refractivity contribution in [2.45, 2.75) is 51.7 Å². The summed E-state index contributed by atoms with van der Waals surface area (Å²) < 4.78 is 19.8. The average Bonchev–Trinajstić information content (AvgIpc) is 2.41. The third kappa shape index (κ3) is 3.55. The van der Waals surface area contributed by atoms with Crippen LogP contribution in [0.5, 0.6) is 0 Å². The first kappa shape index (κ1) is 14.0. The van der Waals surface area contributed by atoms with Gasteiger partial charge in [-0.2, -0.15) is 0 Å². The lowest BCUT2D eigenvalue weighted by Crippen LogP contribution is -2.22. The van der Waals surface area contributed by atoms with E-state index in [0.717, 1.165) is 24.3 Å². The molecule has 0 spiro atoms. The Morgan fingerprint density at radius 3 is 3.00 bits per heavy atom. The highest BCUT2D eigenvalue weighted by atomic mass is 79.9. The number of rotatable bonds is 4. The Bertz CT molecular complexity index is 394. The average molecular weight is 315 g/mol. The molecule has 1 saturated carbocycles. The summed E-state index contributed by atoms with van der Waals surface area (Å²) in [6.45, 7) is 2.75. The largest absolute Gasteiger partial charge is 0.373 e. The van der Waals surface area contributed by atoms with Crippen molar-refractivity contribution in [3.05, 3.63) is 34.1 Å². The molecule has 0 bridgehead atoms. The Morgan fingerprint density at radius 1 is 1.39 bits per heavy atom. The molecule has 1 aliphatic carbocycles. The van der Waals surface area contributed by atoms with Gasteiger partial charge >= 0.3 is 0 Å². The van der Waals surface area contributed by atoms with E-state index in [4.69, 9.17) is 4.74 Å². The van der Waals surface area contributed by atoms with E-state index in [-0.39, 0.29) is 5.82 Å². The van der Waals surface area contributed by atoms with Gasteiger partial charge in [0, 0.05) is 0 Å². The van der Waals surface area contributed by atoms with Crippen molar-refractivity contribution in [3.8, 4) is 0 Å². The number of hydrogen-bond donors (Lipinski definition) is 0. The highest BCUT2D eigenvalue weighted by Crippen LogP contribution is 2.29. The second-order valence-corrected chi connectivity index (χ2v) is 5.88. The molecule has 1 fully saturated rings. The van der Waals surface area contributed by atoms with E-state index in [1.807, 2.05) is 6.07 Å². The zero-order chi connectivity index (χ0) is 13.0. The Kier molecular flexibility index (Phi) is 5.19. The quantitative estimate of drug-likeness (QED) is 0.753. The van der Waals surface area contributed by atoms with E-state index >= 15 is 0 Å². The van der Waals surface area contributed by atoms with Crippen molar-refractivity contribution in [2.75, 3.05) is 0 Å². The van der Waals surface area contributed by atoms with Gasteiger partial charge in [0.2, 0.25) is 0 Å². The molecule has 0 aromatic heterocycles. The van der Waals surface area contributed by atoms with Crippen molar-refractivity contribution in [1.82, 2.24) is 0 Å². The predicted octanol–water partition coefficient (Wildman–Crippen LogP) is 5.07. The van der Waals surface area contributed by atoms with Gasteiger partial charge in [-0.1, -0.05) is 38.3 Å². The van der Waals surface area contributed by atoms with Gasteiger partial charge in [-0.25, -0.2) is 4.39 Å². The summed E-state index contributed by atoms with van der Waals surface area (Å²) in [6, 6.07) is 5.10. The van der Waals surface area contributed by atoms with Crippen LogP contribution >= 0.6 is 15.9 Å². The molecule has 1 nitrogen and oxygen atoms in total. The summed E-state index contributed by atoms with van der Waals surface area (Å²) in [6.07, 6.45) is 6.48. The van der Waals surface area contributed by atoms with Crippen LogP contribution in [0.15, 0.2) is 22.7 Å². The maximum absolute atomic E-state index is 13.4. The van der Waals surface area contributed by atoms with Gasteiger partial charge in [0.25, 0.3) is 0 Å². The molecule has 0 radical (unpaired) electrons. The standard InChI is InChI=1S/C15H20BrFO/c1-2-11-5-3-7-13(9-11)18-10-12-6-4-8-14(17)15(12)16/h4,6,8,11,13H,2-3,5,7,9-10H2,1H3. The first-order valence-corrected chi connectivity index (χ1v) is 7.54. The van der Waals surface area contributed by atoms with E-state index < -0.39 is 0 Å². The van der Waals surface area contributed by atoms with Crippen molar-refractivity contribution < 1.29 is 9.13 Å². The molecule has 0 amide bonds. The van der Waals surface area contributed by atoms with Gasteiger partial charge in [-0.3, -0.25) is 0 Å². The second kappa shape index (κ2) is 6.67. The highest BCUT2D eigenvalue weighted by molar-refractivity contribution is 9.10. The zero-order valence-electron chi connectivity index (χ0n) is 10.8. The summed E-state index contributed by atoms with van der Waals surface area (Å²) in [7, 11) is 0. The maximum Gasteiger partial charge on any atom is 0.137 e. The van der Waals surface area contributed by atoms with Crippen LogP contribution in [0, 0.1) is 11.7 Å². The second-order valence-electron chi connectivity index (χ2n) is 5.09. The van der Waals surface area contributed by atoms with Gasteiger partial charge in [0.1, 0.15) is 5.82 Å². The third-order valence-corrected chi connectivity index (χ3v) is 4.71. The van der Waals surface area contributed by atoms with Crippen LogP contribution in [0.3, 0.4) is 0 Å². The molecular weight excluding hydrogens is 295 g/mol. The fourth-order valence-corrected chi connectivity index (χ4v) is 3.01. The van der Waals surface area contributed by atoms with Crippen LogP contribution in [-0.2, 0) is 11.3 Å². The minimum Gasteiger partial charge on any atom is -0.373 e. The van der Waals surface area contributed by atoms with Crippen molar-refractivity contribution in [1.29, 1.82) is 0 Å². The van der Waals surface area contributed by atoms with Crippen LogP contribution < -0.4 is 0 Å². The van der Waals surface area contributed by atoms with Crippen LogP contribution in [0.2, 0.25) is 0 Å². The number of benzene rings is 1. The Morgan fingerprint density at radius 2 is 2.22 bits per heavy atom.